The SMILES string of the molecule is O=C(NC1CC1)c1cnc(NCC2CCCO2)nc1. The number of carbonyl (C=O) groups is 1. The van der Waals surface area contributed by atoms with Crippen LogP contribution in [0.15, 0.2) is 12.4 Å². The zero-order chi connectivity index (χ0) is 13.1. The lowest BCUT2D eigenvalue weighted by Crippen LogP contribution is -2.26. The molecule has 102 valence electrons. The molecule has 1 atom stereocenters. The Bertz CT molecular complexity index is 438. The summed E-state index contributed by atoms with van der Waals surface area (Å²) in [6.07, 6.45) is 7.72. The first kappa shape index (κ1) is 12.3. The van der Waals surface area contributed by atoms with E-state index in [9.17, 15) is 4.79 Å². The molecule has 2 N–H and O–H groups in total. The number of ether oxygens (including phenoxy) is 1. The molecule has 0 bridgehead atoms. The quantitative estimate of drug-likeness (QED) is 0.826. The van der Waals surface area contributed by atoms with E-state index in [1.165, 1.54) is 0 Å². The highest BCUT2D eigenvalue weighted by Gasteiger charge is 2.24. The second-order valence-corrected chi connectivity index (χ2v) is 5.06. The first-order valence-corrected chi connectivity index (χ1v) is 6.79. The third-order valence-electron chi connectivity index (χ3n) is 3.34. The van der Waals surface area contributed by atoms with E-state index in [2.05, 4.69) is 20.6 Å². The molecule has 3 rings (SSSR count). The molecule has 1 aliphatic heterocycles. The second kappa shape index (κ2) is 5.52. The maximum absolute atomic E-state index is 11.7. The maximum Gasteiger partial charge on any atom is 0.254 e. The van der Waals surface area contributed by atoms with Crippen molar-refractivity contribution in [2.24, 2.45) is 0 Å². The molecule has 0 aromatic carbocycles. The van der Waals surface area contributed by atoms with Gasteiger partial charge in [-0.15, -0.1) is 0 Å². The standard InChI is InChI=1S/C13H18N4O2/c18-12(17-10-3-4-10)9-6-14-13(15-7-9)16-8-11-2-1-5-19-11/h6-7,10-11H,1-5,8H2,(H,17,18)(H,14,15,16). The predicted octanol–water partition coefficient (Wildman–Crippen LogP) is 0.960. The molecule has 2 heterocycles. The fourth-order valence-electron chi connectivity index (χ4n) is 2.04. The number of aromatic nitrogens is 2. The molecule has 1 saturated carbocycles. The monoisotopic (exact) mass is 262 g/mol. The smallest absolute Gasteiger partial charge is 0.254 e. The molecule has 1 aromatic heterocycles. The number of nitrogens with zero attached hydrogens (tertiary/aromatic N) is 2. The van der Waals surface area contributed by atoms with Crippen LogP contribution in [0.4, 0.5) is 5.95 Å². The van der Waals surface area contributed by atoms with E-state index in [0.29, 0.717) is 24.1 Å². The van der Waals surface area contributed by atoms with Gasteiger partial charge in [0.1, 0.15) is 0 Å². The minimum absolute atomic E-state index is 0.0897. The summed E-state index contributed by atoms with van der Waals surface area (Å²) in [5.74, 6) is 0.451. The summed E-state index contributed by atoms with van der Waals surface area (Å²) in [6, 6.07) is 0.352. The molecule has 1 aliphatic carbocycles. The molecule has 1 amide bonds. The van der Waals surface area contributed by atoms with Crippen molar-refractivity contribution >= 4 is 11.9 Å². The average Bonchev–Trinajstić information content (AvgIpc) is 3.09. The lowest BCUT2D eigenvalue weighted by atomic mass is 10.2. The molecule has 2 aliphatic rings. The summed E-state index contributed by atoms with van der Waals surface area (Å²) < 4.78 is 5.51. The Morgan fingerprint density at radius 2 is 2.11 bits per heavy atom. The van der Waals surface area contributed by atoms with Crippen molar-refractivity contribution in [2.45, 2.75) is 37.8 Å². The highest BCUT2D eigenvalue weighted by Crippen LogP contribution is 2.19. The fraction of sp³-hybridized carbons (Fsp3) is 0.615. The van der Waals surface area contributed by atoms with Crippen LogP contribution in [0.3, 0.4) is 0 Å². The second-order valence-electron chi connectivity index (χ2n) is 5.06. The van der Waals surface area contributed by atoms with Gasteiger partial charge >= 0.3 is 0 Å². The van der Waals surface area contributed by atoms with Crippen LogP contribution in [0.25, 0.3) is 0 Å². The summed E-state index contributed by atoms with van der Waals surface area (Å²) in [5, 5.41) is 6.03. The highest BCUT2D eigenvalue weighted by atomic mass is 16.5. The molecule has 0 radical (unpaired) electrons. The molecule has 0 spiro atoms. The zero-order valence-electron chi connectivity index (χ0n) is 10.8. The van der Waals surface area contributed by atoms with Crippen LogP contribution in [-0.4, -0.2) is 41.2 Å². The van der Waals surface area contributed by atoms with Crippen molar-refractivity contribution in [3.8, 4) is 0 Å². The molecule has 6 heteroatoms. The average molecular weight is 262 g/mol. The van der Waals surface area contributed by atoms with E-state index < -0.39 is 0 Å². The van der Waals surface area contributed by atoms with Crippen molar-refractivity contribution in [1.29, 1.82) is 0 Å². The van der Waals surface area contributed by atoms with Gasteiger partial charge in [-0.2, -0.15) is 0 Å². The van der Waals surface area contributed by atoms with Crippen molar-refractivity contribution in [3.63, 3.8) is 0 Å². The third kappa shape index (κ3) is 3.41. The Balaban J connectivity index is 1.51. The van der Waals surface area contributed by atoms with E-state index in [4.69, 9.17) is 4.74 Å². The van der Waals surface area contributed by atoms with Crippen molar-refractivity contribution in [3.05, 3.63) is 18.0 Å². The van der Waals surface area contributed by atoms with Gasteiger partial charge in [0.15, 0.2) is 0 Å². The van der Waals surface area contributed by atoms with Crippen LogP contribution in [0.1, 0.15) is 36.0 Å². The predicted molar refractivity (Wildman–Crippen MR) is 70.0 cm³/mol. The maximum atomic E-state index is 11.7. The lowest BCUT2D eigenvalue weighted by Gasteiger charge is -2.10. The van der Waals surface area contributed by atoms with Gasteiger partial charge in [0.2, 0.25) is 5.95 Å². The molecule has 2 fully saturated rings. The van der Waals surface area contributed by atoms with E-state index in [1.54, 1.807) is 12.4 Å². The number of hydrogen-bond donors (Lipinski definition) is 2. The number of anilines is 1. The van der Waals surface area contributed by atoms with Crippen molar-refractivity contribution in [2.75, 3.05) is 18.5 Å². The van der Waals surface area contributed by atoms with Crippen LogP contribution < -0.4 is 10.6 Å². The first-order chi connectivity index (χ1) is 9.31. The van der Waals surface area contributed by atoms with E-state index in [0.717, 1.165) is 32.3 Å². The molecular weight excluding hydrogens is 244 g/mol. The van der Waals surface area contributed by atoms with Crippen LogP contribution in [0, 0.1) is 0 Å². The zero-order valence-corrected chi connectivity index (χ0v) is 10.8. The number of nitrogens with one attached hydrogen (secondary N) is 2. The molecular formula is C13H18N4O2. The Morgan fingerprint density at radius 3 is 2.74 bits per heavy atom. The Labute approximate surface area is 112 Å². The summed E-state index contributed by atoms with van der Waals surface area (Å²) in [6.45, 7) is 1.56. The molecule has 1 unspecified atom stereocenters. The van der Waals surface area contributed by atoms with Crippen LogP contribution in [-0.2, 0) is 4.74 Å². The van der Waals surface area contributed by atoms with Crippen molar-refractivity contribution < 1.29 is 9.53 Å². The number of amides is 1. The lowest BCUT2D eigenvalue weighted by molar-refractivity contribution is 0.0950. The van der Waals surface area contributed by atoms with Gasteiger partial charge in [-0.3, -0.25) is 4.79 Å². The summed E-state index contributed by atoms with van der Waals surface area (Å²) >= 11 is 0. The third-order valence-corrected chi connectivity index (χ3v) is 3.34. The van der Waals surface area contributed by atoms with Crippen LogP contribution in [0.2, 0.25) is 0 Å². The first-order valence-electron chi connectivity index (χ1n) is 6.79. The normalized spacial score (nSPS) is 22.2. The van der Waals surface area contributed by atoms with E-state index in [1.807, 2.05) is 0 Å². The van der Waals surface area contributed by atoms with Gasteiger partial charge in [-0.25, -0.2) is 9.97 Å². The van der Waals surface area contributed by atoms with E-state index >= 15 is 0 Å². The van der Waals surface area contributed by atoms with Gasteiger partial charge in [-0.05, 0) is 25.7 Å². The van der Waals surface area contributed by atoms with Gasteiger partial charge in [-0.1, -0.05) is 0 Å². The van der Waals surface area contributed by atoms with Gasteiger partial charge < -0.3 is 15.4 Å². The Hall–Kier alpha value is -1.69. The Kier molecular flexibility index (Phi) is 3.59. The summed E-state index contributed by atoms with van der Waals surface area (Å²) in [4.78, 5) is 20.0. The molecule has 1 saturated heterocycles. The number of rotatable bonds is 5. The molecule has 19 heavy (non-hydrogen) atoms. The van der Waals surface area contributed by atoms with Crippen molar-refractivity contribution in [1.82, 2.24) is 15.3 Å². The molecule has 6 nitrogen and oxygen atoms in total. The minimum Gasteiger partial charge on any atom is -0.376 e. The van der Waals surface area contributed by atoms with Crippen LogP contribution in [0.5, 0.6) is 0 Å². The largest absolute Gasteiger partial charge is 0.376 e. The van der Waals surface area contributed by atoms with Crippen LogP contribution >= 0.6 is 0 Å². The summed E-state index contributed by atoms with van der Waals surface area (Å²) in [5.41, 5.74) is 0.509. The van der Waals surface area contributed by atoms with Gasteiger partial charge in [0, 0.05) is 31.6 Å². The number of carbonyl (C=O) groups excluding carboxylic acids is 1. The van der Waals surface area contributed by atoms with E-state index in [-0.39, 0.29) is 12.0 Å². The fourth-order valence-corrected chi connectivity index (χ4v) is 2.04. The van der Waals surface area contributed by atoms with Gasteiger partial charge in [0.05, 0.1) is 11.7 Å². The summed E-state index contributed by atoms with van der Waals surface area (Å²) in [7, 11) is 0. The number of hydrogen-bond acceptors (Lipinski definition) is 5. The molecule has 1 aromatic rings. The highest BCUT2D eigenvalue weighted by molar-refractivity contribution is 5.94. The Morgan fingerprint density at radius 1 is 1.32 bits per heavy atom. The topological polar surface area (TPSA) is 76.1 Å². The van der Waals surface area contributed by atoms with Gasteiger partial charge in [0.25, 0.3) is 5.91 Å². The minimum atomic E-state index is -0.0897.